The van der Waals surface area contributed by atoms with Gasteiger partial charge in [0.15, 0.2) is 0 Å². The SMILES string of the molecule is C=CCc1ccncc1C(=O)O. The molecular weight excluding hydrogens is 154 g/mol. The maximum atomic E-state index is 10.6. The zero-order valence-corrected chi connectivity index (χ0v) is 6.53. The van der Waals surface area contributed by atoms with Crippen molar-refractivity contribution in [2.75, 3.05) is 0 Å². The first-order valence-corrected chi connectivity index (χ1v) is 3.52. The van der Waals surface area contributed by atoms with Crippen LogP contribution in [0.2, 0.25) is 0 Å². The average Bonchev–Trinajstić information content (AvgIpc) is 2.05. The van der Waals surface area contributed by atoms with Crippen LogP contribution in [0.4, 0.5) is 0 Å². The molecule has 1 rings (SSSR count). The van der Waals surface area contributed by atoms with Gasteiger partial charge in [-0.25, -0.2) is 4.79 Å². The number of pyridine rings is 1. The zero-order chi connectivity index (χ0) is 8.97. The molecule has 62 valence electrons. The Morgan fingerprint density at radius 2 is 2.50 bits per heavy atom. The van der Waals surface area contributed by atoms with Crippen molar-refractivity contribution >= 4 is 5.97 Å². The highest BCUT2D eigenvalue weighted by Gasteiger charge is 2.07. The molecule has 1 N–H and O–H groups in total. The van der Waals surface area contributed by atoms with Crippen LogP contribution in [0.3, 0.4) is 0 Å². The molecule has 0 atom stereocenters. The predicted octanol–water partition coefficient (Wildman–Crippen LogP) is 1.51. The van der Waals surface area contributed by atoms with Crippen molar-refractivity contribution in [1.82, 2.24) is 4.98 Å². The van der Waals surface area contributed by atoms with E-state index in [2.05, 4.69) is 11.6 Å². The van der Waals surface area contributed by atoms with E-state index >= 15 is 0 Å². The molecule has 0 aliphatic heterocycles. The number of carboxylic acids is 1. The van der Waals surface area contributed by atoms with Crippen LogP contribution in [0, 0.1) is 0 Å². The van der Waals surface area contributed by atoms with Gasteiger partial charge < -0.3 is 5.11 Å². The van der Waals surface area contributed by atoms with Gasteiger partial charge in [0.25, 0.3) is 0 Å². The third-order valence-corrected chi connectivity index (χ3v) is 1.51. The normalized spacial score (nSPS) is 9.33. The van der Waals surface area contributed by atoms with Gasteiger partial charge >= 0.3 is 5.97 Å². The highest BCUT2D eigenvalue weighted by Crippen LogP contribution is 2.07. The van der Waals surface area contributed by atoms with Crippen LogP contribution < -0.4 is 0 Å². The lowest BCUT2D eigenvalue weighted by Crippen LogP contribution is -2.02. The zero-order valence-electron chi connectivity index (χ0n) is 6.53. The standard InChI is InChI=1S/C9H9NO2/c1-2-3-7-4-5-10-6-8(7)9(11)12/h2,4-6H,1,3H2,(H,11,12). The summed E-state index contributed by atoms with van der Waals surface area (Å²) in [6.07, 6.45) is 5.15. The minimum absolute atomic E-state index is 0.248. The van der Waals surface area contributed by atoms with Gasteiger partial charge in [0.1, 0.15) is 0 Å². The van der Waals surface area contributed by atoms with Gasteiger partial charge in [0, 0.05) is 12.4 Å². The number of aromatic nitrogens is 1. The van der Waals surface area contributed by atoms with E-state index in [1.807, 2.05) is 0 Å². The third kappa shape index (κ3) is 1.69. The lowest BCUT2D eigenvalue weighted by Gasteiger charge is -2.00. The van der Waals surface area contributed by atoms with E-state index in [0.29, 0.717) is 6.42 Å². The van der Waals surface area contributed by atoms with Crippen LogP contribution in [0.5, 0.6) is 0 Å². The molecule has 12 heavy (non-hydrogen) atoms. The number of nitrogens with zero attached hydrogens (tertiary/aromatic N) is 1. The van der Waals surface area contributed by atoms with Crippen molar-refractivity contribution in [3.05, 3.63) is 42.2 Å². The average molecular weight is 163 g/mol. The van der Waals surface area contributed by atoms with Crippen LogP contribution in [0.1, 0.15) is 15.9 Å². The number of hydrogen-bond donors (Lipinski definition) is 1. The maximum Gasteiger partial charge on any atom is 0.337 e. The topological polar surface area (TPSA) is 50.2 Å². The first-order valence-electron chi connectivity index (χ1n) is 3.52. The molecule has 0 amide bonds. The first kappa shape index (κ1) is 8.46. The maximum absolute atomic E-state index is 10.6. The van der Waals surface area contributed by atoms with Gasteiger partial charge in [-0.2, -0.15) is 0 Å². The van der Waals surface area contributed by atoms with Crippen molar-refractivity contribution in [3.8, 4) is 0 Å². The van der Waals surface area contributed by atoms with Gasteiger partial charge in [-0.3, -0.25) is 4.98 Å². The molecule has 0 aliphatic rings. The molecule has 0 fully saturated rings. The lowest BCUT2D eigenvalue weighted by molar-refractivity contribution is 0.0695. The molecule has 0 saturated heterocycles. The molecule has 1 aromatic heterocycles. The number of allylic oxidation sites excluding steroid dienone is 1. The van der Waals surface area contributed by atoms with E-state index in [4.69, 9.17) is 5.11 Å². The molecule has 1 heterocycles. The minimum atomic E-state index is -0.944. The smallest absolute Gasteiger partial charge is 0.337 e. The Bertz CT molecular complexity index is 307. The Hall–Kier alpha value is -1.64. The molecule has 0 unspecified atom stereocenters. The van der Waals surface area contributed by atoms with Gasteiger partial charge in [-0.15, -0.1) is 6.58 Å². The largest absolute Gasteiger partial charge is 0.478 e. The predicted molar refractivity (Wildman–Crippen MR) is 45.1 cm³/mol. The number of hydrogen-bond acceptors (Lipinski definition) is 2. The van der Waals surface area contributed by atoms with Crippen molar-refractivity contribution in [2.45, 2.75) is 6.42 Å². The summed E-state index contributed by atoms with van der Waals surface area (Å²) >= 11 is 0. The Kier molecular flexibility index (Phi) is 2.58. The molecule has 3 heteroatoms. The number of carboxylic acid groups (broad SMARTS) is 1. The Labute approximate surface area is 70.4 Å². The Morgan fingerprint density at radius 3 is 3.08 bits per heavy atom. The van der Waals surface area contributed by atoms with E-state index in [-0.39, 0.29) is 5.56 Å². The summed E-state index contributed by atoms with van der Waals surface area (Å²) in [5.41, 5.74) is 0.991. The number of aromatic carboxylic acids is 1. The van der Waals surface area contributed by atoms with Crippen LogP contribution in [0.25, 0.3) is 0 Å². The summed E-state index contributed by atoms with van der Waals surface area (Å²) in [5, 5.41) is 8.72. The van der Waals surface area contributed by atoms with Gasteiger partial charge in [0.2, 0.25) is 0 Å². The second-order valence-electron chi connectivity index (χ2n) is 2.33. The quantitative estimate of drug-likeness (QED) is 0.687. The summed E-state index contributed by atoms with van der Waals surface area (Å²) in [6, 6.07) is 1.69. The highest BCUT2D eigenvalue weighted by atomic mass is 16.4. The fourth-order valence-corrected chi connectivity index (χ4v) is 0.949. The number of rotatable bonds is 3. The molecule has 0 aliphatic carbocycles. The van der Waals surface area contributed by atoms with Crippen molar-refractivity contribution in [2.24, 2.45) is 0 Å². The van der Waals surface area contributed by atoms with Gasteiger partial charge in [-0.05, 0) is 18.1 Å². The van der Waals surface area contributed by atoms with E-state index in [0.717, 1.165) is 5.56 Å². The molecule has 0 saturated carbocycles. The molecule has 0 spiro atoms. The molecular formula is C9H9NO2. The fourth-order valence-electron chi connectivity index (χ4n) is 0.949. The molecule has 0 bridgehead atoms. The van der Waals surface area contributed by atoms with E-state index in [1.54, 1.807) is 18.3 Å². The van der Waals surface area contributed by atoms with Crippen molar-refractivity contribution in [1.29, 1.82) is 0 Å². The van der Waals surface area contributed by atoms with Crippen LogP contribution in [0.15, 0.2) is 31.1 Å². The second-order valence-corrected chi connectivity index (χ2v) is 2.33. The Morgan fingerprint density at radius 1 is 1.75 bits per heavy atom. The minimum Gasteiger partial charge on any atom is -0.478 e. The van der Waals surface area contributed by atoms with Crippen LogP contribution in [-0.2, 0) is 6.42 Å². The second kappa shape index (κ2) is 3.67. The van der Waals surface area contributed by atoms with Gasteiger partial charge in [0.05, 0.1) is 5.56 Å². The van der Waals surface area contributed by atoms with E-state index in [1.165, 1.54) is 6.20 Å². The monoisotopic (exact) mass is 163 g/mol. The molecule has 1 aromatic rings. The fraction of sp³-hybridized carbons (Fsp3) is 0.111. The summed E-state index contributed by atoms with van der Waals surface area (Å²) in [4.78, 5) is 14.4. The third-order valence-electron chi connectivity index (χ3n) is 1.51. The molecule has 0 radical (unpaired) electrons. The van der Waals surface area contributed by atoms with Crippen LogP contribution in [-0.4, -0.2) is 16.1 Å². The molecule has 0 aromatic carbocycles. The highest BCUT2D eigenvalue weighted by molar-refractivity contribution is 5.88. The van der Waals surface area contributed by atoms with Crippen LogP contribution >= 0.6 is 0 Å². The summed E-state index contributed by atoms with van der Waals surface area (Å²) in [6.45, 7) is 3.54. The van der Waals surface area contributed by atoms with Gasteiger partial charge in [-0.1, -0.05) is 6.08 Å². The summed E-state index contributed by atoms with van der Waals surface area (Å²) in [7, 11) is 0. The first-order chi connectivity index (χ1) is 5.75. The van der Waals surface area contributed by atoms with Crippen molar-refractivity contribution in [3.63, 3.8) is 0 Å². The van der Waals surface area contributed by atoms with E-state index in [9.17, 15) is 4.79 Å². The lowest BCUT2D eigenvalue weighted by atomic mass is 10.1. The summed E-state index contributed by atoms with van der Waals surface area (Å²) < 4.78 is 0. The summed E-state index contributed by atoms with van der Waals surface area (Å²) in [5.74, 6) is -0.944. The van der Waals surface area contributed by atoms with E-state index < -0.39 is 5.97 Å². The number of carbonyl (C=O) groups is 1. The molecule has 3 nitrogen and oxygen atoms in total. The van der Waals surface area contributed by atoms with Crippen molar-refractivity contribution < 1.29 is 9.90 Å². The Balaban J connectivity index is 3.07.